The van der Waals surface area contributed by atoms with E-state index in [9.17, 15) is 17.6 Å². The molecule has 1 heterocycles. The monoisotopic (exact) mass is 378 g/mol. The molecule has 8 heteroatoms. The SMILES string of the molecule is CS(=O)(=O)c1cc(Br)cc(C(=O)NCC2CCCN2)c1F. The van der Waals surface area contributed by atoms with E-state index in [4.69, 9.17) is 0 Å². The molecule has 1 atom stereocenters. The number of carbonyl (C=O) groups excluding carboxylic acids is 1. The Balaban J connectivity index is 2.22. The van der Waals surface area contributed by atoms with Crippen molar-refractivity contribution < 1.29 is 17.6 Å². The maximum absolute atomic E-state index is 14.2. The van der Waals surface area contributed by atoms with Crippen LogP contribution in [0.2, 0.25) is 0 Å². The molecule has 1 unspecified atom stereocenters. The van der Waals surface area contributed by atoms with Crippen LogP contribution in [0.3, 0.4) is 0 Å². The fourth-order valence-electron chi connectivity index (χ4n) is 2.24. The van der Waals surface area contributed by atoms with Gasteiger partial charge in [-0.2, -0.15) is 0 Å². The largest absolute Gasteiger partial charge is 0.350 e. The maximum atomic E-state index is 14.2. The van der Waals surface area contributed by atoms with Crippen molar-refractivity contribution in [2.75, 3.05) is 19.3 Å². The summed E-state index contributed by atoms with van der Waals surface area (Å²) in [5, 5.41) is 5.84. The molecule has 2 N–H and O–H groups in total. The molecule has 0 aliphatic carbocycles. The molecule has 2 rings (SSSR count). The van der Waals surface area contributed by atoms with Gasteiger partial charge in [-0.1, -0.05) is 15.9 Å². The summed E-state index contributed by atoms with van der Waals surface area (Å²) >= 11 is 3.10. The highest BCUT2D eigenvalue weighted by atomic mass is 79.9. The first-order chi connectivity index (χ1) is 9.79. The van der Waals surface area contributed by atoms with E-state index in [2.05, 4.69) is 26.6 Å². The third-order valence-corrected chi connectivity index (χ3v) is 4.87. The molecule has 1 fully saturated rings. The van der Waals surface area contributed by atoms with Crippen molar-refractivity contribution in [3.63, 3.8) is 0 Å². The van der Waals surface area contributed by atoms with E-state index in [-0.39, 0.29) is 11.6 Å². The third kappa shape index (κ3) is 4.02. The van der Waals surface area contributed by atoms with Gasteiger partial charge in [-0.05, 0) is 31.5 Å². The summed E-state index contributed by atoms with van der Waals surface area (Å²) in [5.74, 6) is -1.63. The molecule has 116 valence electrons. The Kier molecular flexibility index (Phi) is 5.00. The number of hydrogen-bond acceptors (Lipinski definition) is 4. The van der Waals surface area contributed by atoms with Gasteiger partial charge in [-0.15, -0.1) is 0 Å². The molecule has 1 aromatic carbocycles. The quantitative estimate of drug-likeness (QED) is 0.831. The van der Waals surface area contributed by atoms with Gasteiger partial charge in [0.2, 0.25) is 0 Å². The molecular formula is C13H16BrFN2O3S. The van der Waals surface area contributed by atoms with Gasteiger partial charge in [0.05, 0.1) is 5.56 Å². The number of hydrogen-bond donors (Lipinski definition) is 2. The smallest absolute Gasteiger partial charge is 0.254 e. The summed E-state index contributed by atoms with van der Waals surface area (Å²) in [5.41, 5.74) is -0.275. The predicted octanol–water partition coefficient (Wildman–Crippen LogP) is 1.47. The van der Waals surface area contributed by atoms with Crippen molar-refractivity contribution in [3.05, 3.63) is 28.0 Å². The summed E-state index contributed by atoms with van der Waals surface area (Å²) in [6.07, 6.45) is 2.90. The topological polar surface area (TPSA) is 75.3 Å². The van der Waals surface area contributed by atoms with Gasteiger partial charge < -0.3 is 10.6 Å². The van der Waals surface area contributed by atoms with E-state index in [0.29, 0.717) is 11.0 Å². The average molecular weight is 379 g/mol. The van der Waals surface area contributed by atoms with Crippen LogP contribution < -0.4 is 10.6 Å². The Morgan fingerprint density at radius 1 is 1.52 bits per heavy atom. The van der Waals surface area contributed by atoms with Gasteiger partial charge in [0, 0.05) is 23.3 Å². The number of sulfone groups is 1. The molecule has 0 saturated carbocycles. The van der Waals surface area contributed by atoms with Gasteiger partial charge in [0.1, 0.15) is 4.90 Å². The van der Waals surface area contributed by atoms with Crippen molar-refractivity contribution in [1.82, 2.24) is 10.6 Å². The van der Waals surface area contributed by atoms with Crippen LogP contribution in [0.4, 0.5) is 4.39 Å². The van der Waals surface area contributed by atoms with Gasteiger partial charge in [-0.25, -0.2) is 12.8 Å². The minimum atomic E-state index is -3.74. The van der Waals surface area contributed by atoms with Crippen LogP contribution in [0, 0.1) is 5.82 Å². The molecule has 5 nitrogen and oxygen atoms in total. The fourth-order valence-corrected chi connectivity index (χ4v) is 3.63. The zero-order valence-corrected chi connectivity index (χ0v) is 13.9. The zero-order valence-electron chi connectivity index (χ0n) is 11.4. The summed E-state index contributed by atoms with van der Waals surface area (Å²) in [6, 6.07) is 2.61. The van der Waals surface area contributed by atoms with Gasteiger partial charge >= 0.3 is 0 Å². The summed E-state index contributed by atoms with van der Waals surface area (Å²) < 4.78 is 37.7. The Morgan fingerprint density at radius 2 is 2.24 bits per heavy atom. The van der Waals surface area contributed by atoms with Crippen LogP contribution in [-0.4, -0.2) is 39.7 Å². The lowest BCUT2D eigenvalue weighted by atomic mass is 10.2. The molecule has 0 aromatic heterocycles. The van der Waals surface area contributed by atoms with Crippen molar-refractivity contribution in [2.24, 2.45) is 0 Å². The van der Waals surface area contributed by atoms with E-state index in [1.165, 1.54) is 6.07 Å². The Bertz CT molecular complexity index is 658. The molecule has 21 heavy (non-hydrogen) atoms. The number of amides is 1. The summed E-state index contributed by atoms with van der Waals surface area (Å²) in [4.78, 5) is 11.6. The highest BCUT2D eigenvalue weighted by molar-refractivity contribution is 9.10. The van der Waals surface area contributed by atoms with Crippen LogP contribution in [0.25, 0.3) is 0 Å². The molecule has 1 aromatic rings. The van der Waals surface area contributed by atoms with Crippen molar-refractivity contribution >= 4 is 31.7 Å². The first kappa shape index (κ1) is 16.4. The highest BCUT2D eigenvalue weighted by Crippen LogP contribution is 2.24. The Labute approximate surface area is 131 Å². The van der Waals surface area contributed by atoms with Crippen molar-refractivity contribution in [3.8, 4) is 0 Å². The van der Waals surface area contributed by atoms with Gasteiger partial charge in [0.25, 0.3) is 5.91 Å². The van der Waals surface area contributed by atoms with E-state index >= 15 is 0 Å². The highest BCUT2D eigenvalue weighted by Gasteiger charge is 2.23. The lowest BCUT2D eigenvalue weighted by Gasteiger charge is -2.13. The van der Waals surface area contributed by atoms with Crippen LogP contribution in [0.5, 0.6) is 0 Å². The molecule has 1 aliphatic rings. The van der Waals surface area contributed by atoms with Gasteiger partial charge in [0.15, 0.2) is 15.7 Å². The number of benzene rings is 1. The van der Waals surface area contributed by atoms with Crippen molar-refractivity contribution in [1.29, 1.82) is 0 Å². The first-order valence-corrected chi connectivity index (χ1v) is 9.18. The maximum Gasteiger partial charge on any atom is 0.254 e. The minimum absolute atomic E-state index is 0.179. The second-order valence-corrected chi connectivity index (χ2v) is 7.94. The lowest BCUT2D eigenvalue weighted by molar-refractivity contribution is 0.0945. The zero-order chi connectivity index (χ0) is 15.6. The molecule has 1 amide bonds. The van der Waals surface area contributed by atoms with Gasteiger partial charge in [-0.3, -0.25) is 4.79 Å². The van der Waals surface area contributed by atoms with E-state index in [1.54, 1.807) is 0 Å². The average Bonchev–Trinajstić information content (AvgIpc) is 2.90. The number of rotatable bonds is 4. The summed E-state index contributed by atoms with van der Waals surface area (Å²) in [6.45, 7) is 1.29. The number of halogens is 2. The second-order valence-electron chi connectivity index (χ2n) is 5.04. The predicted molar refractivity (Wildman–Crippen MR) is 80.6 cm³/mol. The third-order valence-electron chi connectivity index (χ3n) is 3.32. The standard InChI is InChI=1S/C13H16BrFN2O3S/c1-21(19,20)11-6-8(14)5-10(12(11)15)13(18)17-7-9-3-2-4-16-9/h5-6,9,16H,2-4,7H2,1H3,(H,17,18). The Hall–Kier alpha value is -0.990. The normalized spacial score (nSPS) is 18.7. The van der Waals surface area contributed by atoms with E-state index in [0.717, 1.165) is 31.7 Å². The fraction of sp³-hybridized carbons (Fsp3) is 0.462. The van der Waals surface area contributed by atoms with Crippen molar-refractivity contribution in [2.45, 2.75) is 23.8 Å². The summed E-state index contributed by atoms with van der Waals surface area (Å²) in [7, 11) is -3.74. The number of nitrogens with one attached hydrogen (secondary N) is 2. The minimum Gasteiger partial charge on any atom is -0.350 e. The molecule has 1 aliphatic heterocycles. The lowest BCUT2D eigenvalue weighted by Crippen LogP contribution is -2.37. The molecule has 1 saturated heterocycles. The first-order valence-electron chi connectivity index (χ1n) is 6.49. The van der Waals surface area contributed by atoms with Crippen LogP contribution in [-0.2, 0) is 9.84 Å². The van der Waals surface area contributed by atoms with E-state index < -0.39 is 26.5 Å². The molecule has 0 radical (unpaired) electrons. The van der Waals surface area contributed by atoms with Crippen LogP contribution in [0.15, 0.2) is 21.5 Å². The van der Waals surface area contributed by atoms with Crippen LogP contribution >= 0.6 is 15.9 Å². The van der Waals surface area contributed by atoms with E-state index in [1.807, 2.05) is 0 Å². The molecule has 0 spiro atoms. The molecule has 0 bridgehead atoms. The molecular weight excluding hydrogens is 363 g/mol. The van der Waals surface area contributed by atoms with Crippen LogP contribution in [0.1, 0.15) is 23.2 Å². The number of carbonyl (C=O) groups is 1. The Morgan fingerprint density at radius 3 is 2.81 bits per heavy atom. The second kappa shape index (κ2) is 6.41.